The number of rotatable bonds is 5. The maximum atomic E-state index is 13.1. The van der Waals surface area contributed by atoms with Gasteiger partial charge in [0.15, 0.2) is 17.5 Å². The van der Waals surface area contributed by atoms with Gasteiger partial charge in [0.05, 0.1) is 0 Å². The normalized spacial score (nSPS) is 10.5. The molecular formula is C12H11ClF3N5. The van der Waals surface area contributed by atoms with Gasteiger partial charge in [-0.15, -0.1) is 0 Å². The Hall–Kier alpha value is -2.09. The molecule has 2 aromatic rings. The van der Waals surface area contributed by atoms with Crippen LogP contribution in [0.4, 0.5) is 30.8 Å². The molecular weight excluding hydrogens is 307 g/mol. The molecule has 0 unspecified atom stereocenters. The van der Waals surface area contributed by atoms with Gasteiger partial charge in [-0.1, -0.05) is 6.92 Å². The van der Waals surface area contributed by atoms with Crippen molar-refractivity contribution in [2.75, 3.05) is 17.2 Å². The summed E-state index contributed by atoms with van der Waals surface area (Å²) >= 11 is 5.73. The van der Waals surface area contributed by atoms with Crippen LogP contribution in [0.5, 0.6) is 0 Å². The molecule has 2 rings (SSSR count). The molecule has 1 aromatic carbocycles. The average molecular weight is 318 g/mol. The van der Waals surface area contributed by atoms with Crippen molar-refractivity contribution in [1.29, 1.82) is 0 Å². The predicted molar refractivity (Wildman–Crippen MR) is 73.2 cm³/mol. The van der Waals surface area contributed by atoms with Crippen LogP contribution in [0.2, 0.25) is 5.28 Å². The van der Waals surface area contributed by atoms with E-state index in [2.05, 4.69) is 25.6 Å². The first-order valence-electron chi connectivity index (χ1n) is 6.06. The molecule has 9 heteroatoms. The van der Waals surface area contributed by atoms with E-state index >= 15 is 0 Å². The Balaban J connectivity index is 2.24. The highest BCUT2D eigenvalue weighted by Crippen LogP contribution is 2.20. The van der Waals surface area contributed by atoms with Crippen LogP contribution in [0, 0.1) is 17.5 Å². The molecule has 21 heavy (non-hydrogen) atoms. The van der Waals surface area contributed by atoms with Crippen LogP contribution in [0.1, 0.15) is 13.3 Å². The summed E-state index contributed by atoms with van der Waals surface area (Å²) in [6.45, 7) is 2.58. The van der Waals surface area contributed by atoms with Gasteiger partial charge in [0, 0.05) is 24.4 Å². The van der Waals surface area contributed by atoms with Crippen molar-refractivity contribution in [1.82, 2.24) is 15.0 Å². The second kappa shape index (κ2) is 6.57. The van der Waals surface area contributed by atoms with Crippen LogP contribution in [0.25, 0.3) is 0 Å². The standard InChI is InChI=1S/C12H11ClF3N5/c1-2-3-17-11-19-10(13)20-12(21-11)18-6-4-7(14)9(16)8(15)5-6/h4-5H,2-3H2,1H3,(H2,17,18,19,20,21). The lowest BCUT2D eigenvalue weighted by Crippen LogP contribution is -2.08. The summed E-state index contributed by atoms with van der Waals surface area (Å²) in [5, 5.41) is 5.35. The zero-order valence-corrected chi connectivity index (χ0v) is 11.7. The fraction of sp³-hybridized carbons (Fsp3) is 0.250. The van der Waals surface area contributed by atoms with E-state index in [-0.39, 0.29) is 22.9 Å². The Labute approximate surface area is 123 Å². The van der Waals surface area contributed by atoms with Crippen LogP contribution in [0.3, 0.4) is 0 Å². The van der Waals surface area contributed by atoms with E-state index in [0.717, 1.165) is 18.6 Å². The van der Waals surface area contributed by atoms with Crippen molar-refractivity contribution in [3.63, 3.8) is 0 Å². The average Bonchev–Trinajstić information content (AvgIpc) is 2.42. The quantitative estimate of drug-likeness (QED) is 0.826. The summed E-state index contributed by atoms with van der Waals surface area (Å²) in [4.78, 5) is 11.6. The zero-order valence-electron chi connectivity index (χ0n) is 10.9. The third kappa shape index (κ3) is 3.94. The van der Waals surface area contributed by atoms with Gasteiger partial charge in [0.25, 0.3) is 0 Å². The van der Waals surface area contributed by atoms with Crippen molar-refractivity contribution >= 4 is 29.2 Å². The predicted octanol–water partition coefficient (Wildman–Crippen LogP) is 3.51. The first-order valence-corrected chi connectivity index (χ1v) is 6.44. The fourth-order valence-electron chi connectivity index (χ4n) is 1.48. The molecule has 1 heterocycles. The van der Waals surface area contributed by atoms with Gasteiger partial charge in [0.2, 0.25) is 17.2 Å². The molecule has 0 spiro atoms. The van der Waals surface area contributed by atoms with Crippen LogP contribution in [-0.2, 0) is 0 Å². The van der Waals surface area contributed by atoms with E-state index in [1.807, 2.05) is 6.92 Å². The molecule has 0 aliphatic carbocycles. The van der Waals surface area contributed by atoms with Gasteiger partial charge in [0.1, 0.15) is 0 Å². The van der Waals surface area contributed by atoms with E-state index in [1.165, 1.54) is 0 Å². The molecule has 2 N–H and O–H groups in total. The summed E-state index contributed by atoms with van der Waals surface area (Å²) in [7, 11) is 0. The largest absolute Gasteiger partial charge is 0.354 e. The monoisotopic (exact) mass is 317 g/mol. The summed E-state index contributed by atoms with van der Waals surface area (Å²) in [6.07, 6.45) is 0.848. The van der Waals surface area contributed by atoms with E-state index in [4.69, 9.17) is 11.6 Å². The second-order valence-electron chi connectivity index (χ2n) is 4.06. The number of nitrogens with one attached hydrogen (secondary N) is 2. The smallest absolute Gasteiger partial charge is 0.233 e. The second-order valence-corrected chi connectivity index (χ2v) is 4.40. The Morgan fingerprint density at radius 1 is 1.05 bits per heavy atom. The van der Waals surface area contributed by atoms with Crippen LogP contribution in [0.15, 0.2) is 12.1 Å². The molecule has 1 aromatic heterocycles. The molecule has 0 radical (unpaired) electrons. The molecule has 112 valence electrons. The number of hydrogen-bond acceptors (Lipinski definition) is 5. The maximum absolute atomic E-state index is 13.1. The Kier molecular flexibility index (Phi) is 4.79. The third-order valence-corrected chi connectivity index (χ3v) is 2.55. The van der Waals surface area contributed by atoms with Gasteiger partial charge >= 0.3 is 0 Å². The van der Waals surface area contributed by atoms with Gasteiger partial charge in [-0.2, -0.15) is 15.0 Å². The highest BCUT2D eigenvalue weighted by atomic mass is 35.5. The molecule has 0 amide bonds. The van der Waals surface area contributed by atoms with Crippen molar-refractivity contribution in [3.8, 4) is 0 Å². The van der Waals surface area contributed by atoms with Crippen LogP contribution in [-0.4, -0.2) is 21.5 Å². The van der Waals surface area contributed by atoms with Crippen molar-refractivity contribution in [3.05, 3.63) is 34.9 Å². The molecule has 0 bridgehead atoms. The Bertz CT molecular complexity index is 630. The molecule has 5 nitrogen and oxygen atoms in total. The summed E-state index contributed by atoms with van der Waals surface area (Å²) in [5.41, 5.74) is -0.0462. The molecule has 0 saturated heterocycles. The summed E-state index contributed by atoms with van der Waals surface area (Å²) < 4.78 is 39.1. The van der Waals surface area contributed by atoms with Crippen molar-refractivity contribution in [2.45, 2.75) is 13.3 Å². The lowest BCUT2D eigenvalue weighted by Gasteiger charge is -2.08. The minimum Gasteiger partial charge on any atom is -0.354 e. The minimum absolute atomic E-state index is 0.0148. The zero-order chi connectivity index (χ0) is 15.4. The highest BCUT2D eigenvalue weighted by Gasteiger charge is 2.12. The summed E-state index contributed by atoms with van der Waals surface area (Å²) in [6, 6.07) is 1.57. The lowest BCUT2D eigenvalue weighted by molar-refractivity contribution is 0.448. The van der Waals surface area contributed by atoms with Crippen molar-refractivity contribution < 1.29 is 13.2 Å². The first-order chi connectivity index (χ1) is 9.99. The van der Waals surface area contributed by atoms with Crippen molar-refractivity contribution in [2.24, 2.45) is 0 Å². The molecule has 0 aliphatic heterocycles. The van der Waals surface area contributed by atoms with E-state index in [0.29, 0.717) is 6.54 Å². The minimum atomic E-state index is -1.54. The Morgan fingerprint density at radius 3 is 2.29 bits per heavy atom. The summed E-state index contributed by atoms with van der Waals surface area (Å²) in [5.74, 6) is -3.97. The van der Waals surface area contributed by atoms with Gasteiger partial charge in [-0.3, -0.25) is 0 Å². The molecule has 0 saturated carbocycles. The number of aromatic nitrogens is 3. The van der Waals surface area contributed by atoms with Gasteiger partial charge in [-0.25, -0.2) is 13.2 Å². The van der Waals surface area contributed by atoms with E-state index < -0.39 is 17.5 Å². The number of halogens is 4. The topological polar surface area (TPSA) is 62.7 Å². The van der Waals surface area contributed by atoms with Gasteiger partial charge in [-0.05, 0) is 18.0 Å². The number of nitrogens with zero attached hydrogens (tertiary/aromatic N) is 3. The van der Waals surface area contributed by atoms with Crippen LogP contribution < -0.4 is 10.6 Å². The van der Waals surface area contributed by atoms with Gasteiger partial charge < -0.3 is 10.6 Å². The first kappa shape index (κ1) is 15.3. The number of hydrogen-bond donors (Lipinski definition) is 2. The Morgan fingerprint density at radius 2 is 1.67 bits per heavy atom. The molecule has 0 aliphatic rings. The van der Waals surface area contributed by atoms with E-state index in [1.54, 1.807) is 0 Å². The lowest BCUT2D eigenvalue weighted by atomic mass is 10.3. The fourth-order valence-corrected chi connectivity index (χ4v) is 1.64. The highest BCUT2D eigenvalue weighted by molar-refractivity contribution is 6.28. The maximum Gasteiger partial charge on any atom is 0.233 e. The van der Waals surface area contributed by atoms with E-state index in [9.17, 15) is 13.2 Å². The van der Waals surface area contributed by atoms with Crippen LogP contribution >= 0.6 is 11.6 Å². The SMILES string of the molecule is CCCNc1nc(Cl)nc(Nc2cc(F)c(F)c(F)c2)n1. The third-order valence-electron chi connectivity index (χ3n) is 2.38. The molecule has 0 fully saturated rings. The number of benzene rings is 1. The molecule has 0 atom stereocenters. The number of anilines is 3.